The van der Waals surface area contributed by atoms with E-state index in [2.05, 4.69) is 15.6 Å². The molecule has 2 amide bonds. The Morgan fingerprint density at radius 2 is 2.50 bits per heavy atom. The lowest BCUT2D eigenvalue weighted by Crippen LogP contribution is -2.42. The molecule has 6 heteroatoms. The Kier molecular flexibility index (Phi) is 3.40. The first-order chi connectivity index (χ1) is 7.79. The summed E-state index contributed by atoms with van der Waals surface area (Å²) in [6, 6.07) is -0.0409. The lowest BCUT2D eigenvalue weighted by Gasteiger charge is -2.19. The van der Waals surface area contributed by atoms with E-state index in [-0.39, 0.29) is 24.2 Å². The van der Waals surface area contributed by atoms with Crippen molar-refractivity contribution < 1.29 is 13.9 Å². The standard InChI is InChI=1S/C10H15N3O3/c1-15-8-4-2-3-7(8)12-9(14)13-10-11-5-6-16-10/h5-8H,2-4H2,1H3,(H2,11,12,13,14). The number of nitrogens with one attached hydrogen (secondary N) is 2. The van der Waals surface area contributed by atoms with Crippen LogP contribution in [-0.4, -0.2) is 30.3 Å². The highest BCUT2D eigenvalue weighted by atomic mass is 16.5. The van der Waals surface area contributed by atoms with Crippen LogP contribution in [-0.2, 0) is 4.74 Å². The quantitative estimate of drug-likeness (QED) is 0.814. The Morgan fingerprint density at radius 3 is 3.19 bits per heavy atom. The number of hydrogen-bond donors (Lipinski definition) is 2. The molecule has 1 heterocycles. The summed E-state index contributed by atoms with van der Waals surface area (Å²) in [5, 5.41) is 5.35. The van der Waals surface area contributed by atoms with E-state index in [1.54, 1.807) is 7.11 Å². The molecule has 1 aliphatic rings. The van der Waals surface area contributed by atoms with Crippen LogP contribution in [0.2, 0.25) is 0 Å². The SMILES string of the molecule is COC1CCCC1NC(=O)Nc1ncco1. The summed E-state index contributed by atoms with van der Waals surface area (Å²) in [5.74, 6) is 0. The Balaban J connectivity index is 1.83. The van der Waals surface area contributed by atoms with Crippen LogP contribution in [0.25, 0.3) is 0 Å². The van der Waals surface area contributed by atoms with Gasteiger partial charge in [-0.3, -0.25) is 5.32 Å². The molecule has 16 heavy (non-hydrogen) atoms. The molecule has 2 rings (SSSR count). The van der Waals surface area contributed by atoms with E-state index in [0.717, 1.165) is 19.3 Å². The molecule has 1 saturated carbocycles. The second-order valence-corrected chi connectivity index (χ2v) is 3.75. The van der Waals surface area contributed by atoms with Crippen molar-refractivity contribution in [3.05, 3.63) is 12.5 Å². The maximum absolute atomic E-state index is 11.6. The molecule has 2 atom stereocenters. The highest BCUT2D eigenvalue weighted by Gasteiger charge is 2.28. The van der Waals surface area contributed by atoms with Crippen LogP contribution in [0.5, 0.6) is 0 Å². The van der Waals surface area contributed by atoms with E-state index in [4.69, 9.17) is 9.15 Å². The predicted octanol–water partition coefficient (Wildman–Crippen LogP) is 1.36. The van der Waals surface area contributed by atoms with E-state index in [1.807, 2.05) is 0 Å². The molecule has 2 unspecified atom stereocenters. The molecule has 0 spiro atoms. The molecule has 2 N–H and O–H groups in total. The number of carbonyl (C=O) groups excluding carboxylic acids is 1. The number of methoxy groups -OCH3 is 1. The zero-order valence-electron chi connectivity index (χ0n) is 9.10. The molecule has 0 radical (unpaired) electrons. The maximum atomic E-state index is 11.6. The van der Waals surface area contributed by atoms with Gasteiger partial charge in [-0.15, -0.1) is 0 Å². The molecule has 0 aliphatic heterocycles. The largest absolute Gasteiger partial charge is 0.432 e. The molecule has 1 aliphatic carbocycles. The molecule has 0 bridgehead atoms. The molecule has 0 aromatic carbocycles. The minimum Gasteiger partial charge on any atom is -0.432 e. The first-order valence-electron chi connectivity index (χ1n) is 5.29. The van der Waals surface area contributed by atoms with Gasteiger partial charge in [0.2, 0.25) is 0 Å². The lowest BCUT2D eigenvalue weighted by atomic mass is 10.2. The topological polar surface area (TPSA) is 76.4 Å². The Morgan fingerprint density at radius 1 is 1.62 bits per heavy atom. The number of aromatic nitrogens is 1. The van der Waals surface area contributed by atoms with Gasteiger partial charge in [0.1, 0.15) is 6.26 Å². The van der Waals surface area contributed by atoms with Gasteiger partial charge in [-0.25, -0.2) is 9.78 Å². The number of amides is 2. The highest BCUT2D eigenvalue weighted by molar-refractivity contribution is 5.87. The zero-order valence-corrected chi connectivity index (χ0v) is 9.10. The first-order valence-corrected chi connectivity index (χ1v) is 5.29. The predicted molar refractivity (Wildman–Crippen MR) is 57.1 cm³/mol. The Bertz CT molecular complexity index is 339. The molecule has 1 fully saturated rings. The zero-order chi connectivity index (χ0) is 11.4. The fourth-order valence-corrected chi connectivity index (χ4v) is 1.96. The molecular formula is C10H15N3O3. The van der Waals surface area contributed by atoms with Crippen LogP contribution in [0, 0.1) is 0 Å². The number of ether oxygens (including phenoxy) is 1. The van der Waals surface area contributed by atoms with Crippen LogP contribution >= 0.6 is 0 Å². The van der Waals surface area contributed by atoms with Crippen LogP contribution in [0.3, 0.4) is 0 Å². The summed E-state index contributed by atoms with van der Waals surface area (Å²) < 4.78 is 10.2. The number of hydrogen-bond acceptors (Lipinski definition) is 4. The van der Waals surface area contributed by atoms with Crippen molar-refractivity contribution in [1.82, 2.24) is 10.3 Å². The summed E-state index contributed by atoms with van der Waals surface area (Å²) in [6.45, 7) is 0. The van der Waals surface area contributed by atoms with Crippen LogP contribution in [0.1, 0.15) is 19.3 Å². The number of carbonyl (C=O) groups is 1. The number of rotatable bonds is 3. The molecule has 88 valence electrons. The Hall–Kier alpha value is -1.56. The van der Waals surface area contributed by atoms with Crippen molar-refractivity contribution in [1.29, 1.82) is 0 Å². The third-order valence-electron chi connectivity index (χ3n) is 2.72. The van der Waals surface area contributed by atoms with Crippen molar-refractivity contribution in [2.75, 3.05) is 12.4 Å². The van der Waals surface area contributed by atoms with E-state index < -0.39 is 0 Å². The van der Waals surface area contributed by atoms with Crippen molar-refractivity contribution >= 4 is 12.0 Å². The van der Waals surface area contributed by atoms with E-state index in [0.29, 0.717) is 0 Å². The maximum Gasteiger partial charge on any atom is 0.323 e. The third kappa shape index (κ3) is 2.52. The van der Waals surface area contributed by atoms with Gasteiger partial charge in [0.25, 0.3) is 0 Å². The molecule has 1 aromatic rings. The highest BCUT2D eigenvalue weighted by Crippen LogP contribution is 2.21. The van der Waals surface area contributed by atoms with Gasteiger partial charge >= 0.3 is 12.0 Å². The lowest BCUT2D eigenvalue weighted by molar-refractivity contribution is 0.0882. The van der Waals surface area contributed by atoms with E-state index >= 15 is 0 Å². The number of anilines is 1. The normalized spacial score (nSPS) is 24.3. The average Bonchev–Trinajstić information content (AvgIpc) is 2.88. The summed E-state index contributed by atoms with van der Waals surface area (Å²) in [6.07, 6.45) is 5.99. The first kappa shape index (κ1) is 10.9. The number of nitrogens with zero attached hydrogens (tertiary/aromatic N) is 1. The van der Waals surface area contributed by atoms with Crippen molar-refractivity contribution in [2.45, 2.75) is 31.4 Å². The van der Waals surface area contributed by atoms with Crippen molar-refractivity contribution in [3.63, 3.8) is 0 Å². The van der Waals surface area contributed by atoms with Gasteiger partial charge in [-0.2, -0.15) is 0 Å². The average molecular weight is 225 g/mol. The molecule has 0 saturated heterocycles. The second kappa shape index (κ2) is 4.98. The van der Waals surface area contributed by atoms with Crippen molar-refractivity contribution in [3.8, 4) is 0 Å². The number of oxazole rings is 1. The summed E-state index contributed by atoms with van der Waals surface area (Å²) in [7, 11) is 1.66. The summed E-state index contributed by atoms with van der Waals surface area (Å²) in [4.78, 5) is 15.4. The molecule has 6 nitrogen and oxygen atoms in total. The molecular weight excluding hydrogens is 210 g/mol. The fourth-order valence-electron chi connectivity index (χ4n) is 1.96. The van der Waals surface area contributed by atoms with Gasteiger partial charge in [0, 0.05) is 7.11 Å². The Labute approximate surface area is 93.4 Å². The van der Waals surface area contributed by atoms with Gasteiger partial charge in [-0.1, -0.05) is 0 Å². The second-order valence-electron chi connectivity index (χ2n) is 3.75. The van der Waals surface area contributed by atoms with Crippen LogP contribution in [0.4, 0.5) is 10.8 Å². The van der Waals surface area contributed by atoms with E-state index in [1.165, 1.54) is 12.5 Å². The van der Waals surface area contributed by atoms with Gasteiger partial charge in [0.05, 0.1) is 18.3 Å². The molecule has 1 aromatic heterocycles. The monoisotopic (exact) mass is 225 g/mol. The van der Waals surface area contributed by atoms with E-state index in [9.17, 15) is 4.79 Å². The number of urea groups is 1. The van der Waals surface area contributed by atoms with Crippen molar-refractivity contribution in [2.24, 2.45) is 0 Å². The third-order valence-corrected chi connectivity index (χ3v) is 2.72. The summed E-state index contributed by atoms with van der Waals surface area (Å²) in [5.41, 5.74) is 0. The fraction of sp³-hybridized carbons (Fsp3) is 0.600. The smallest absolute Gasteiger partial charge is 0.323 e. The van der Waals surface area contributed by atoms with Gasteiger partial charge < -0.3 is 14.5 Å². The van der Waals surface area contributed by atoms with Gasteiger partial charge in [0.15, 0.2) is 0 Å². The van der Waals surface area contributed by atoms with Gasteiger partial charge in [-0.05, 0) is 19.3 Å². The minimum absolute atomic E-state index is 0.0694. The van der Waals surface area contributed by atoms with Crippen LogP contribution < -0.4 is 10.6 Å². The summed E-state index contributed by atoms with van der Waals surface area (Å²) >= 11 is 0. The van der Waals surface area contributed by atoms with Crippen LogP contribution in [0.15, 0.2) is 16.9 Å². The minimum atomic E-state index is -0.309.